The number of nitriles is 1. The molecule has 1 fully saturated rings. The quantitative estimate of drug-likeness (QED) is 0.666. The van der Waals surface area contributed by atoms with Crippen molar-refractivity contribution in [3.8, 4) is 22.9 Å². The number of hydrogen-bond acceptors (Lipinski definition) is 4. The van der Waals surface area contributed by atoms with Crippen molar-refractivity contribution >= 4 is 11.7 Å². The minimum atomic E-state index is -0.176. The predicted octanol–water partition coefficient (Wildman–Crippen LogP) is 4.05. The monoisotopic (exact) mass is 440 g/mol. The molecule has 1 saturated heterocycles. The number of amides is 2. The number of nitrogens with zero attached hydrogens (tertiary/aromatic N) is 3. The molecule has 3 heterocycles. The van der Waals surface area contributed by atoms with Crippen molar-refractivity contribution in [2.24, 2.45) is 5.92 Å². The summed E-state index contributed by atoms with van der Waals surface area (Å²) >= 11 is 0. The number of hydrogen-bond donors (Lipinski definition) is 1. The largest absolute Gasteiger partial charge is 0.497 e. The lowest BCUT2D eigenvalue weighted by Crippen LogP contribution is -2.50. The van der Waals surface area contributed by atoms with Crippen LogP contribution >= 0.6 is 0 Å². The summed E-state index contributed by atoms with van der Waals surface area (Å²) in [5, 5.41) is 12.0. The van der Waals surface area contributed by atoms with Crippen LogP contribution in [0.25, 0.3) is 11.1 Å². The SMILES string of the molecule is COc1ccc(-c2ccc3n(c2=O)C[C@H]2C[C@@H]3CN(C(=O)Nc3cccc(C#N)c3)C2)cc1. The lowest BCUT2D eigenvalue weighted by molar-refractivity contribution is 0.139. The average Bonchev–Trinajstić information content (AvgIpc) is 2.85. The first-order chi connectivity index (χ1) is 16.1. The molecule has 0 unspecified atom stereocenters. The highest BCUT2D eigenvalue weighted by atomic mass is 16.5. The number of pyridine rings is 1. The Balaban J connectivity index is 1.37. The Labute approximate surface area is 191 Å². The van der Waals surface area contributed by atoms with E-state index < -0.39 is 0 Å². The molecule has 2 atom stereocenters. The van der Waals surface area contributed by atoms with Gasteiger partial charge in [-0.05, 0) is 60.4 Å². The van der Waals surface area contributed by atoms with Gasteiger partial charge in [0, 0.05) is 42.5 Å². The molecule has 2 bridgehead atoms. The summed E-state index contributed by atoms with van der Waals surface area (Å²) in [6, 6.07) is 20.2. The molecule has 33 heavy (non-hydrogen) atoms. The zero-order valence-electron chi connectivity index (χ0n) is 18.3. The Morgan fingerprint density at radius 3 is 2.67 bits per heavy atom. The molecule has 3 aromatic rings. The molecule has 2 aliphatic heterocycles. The average molecular weight is 441 g/mol. The van der Waals surface area contributed by atoms with Crippen LogP contribution in [0, 0.1) is 17.2 Å². The molecule has 2 aromatic carbocycles. The third-order valence-electron chi connectivity index (χ3n) is 6.54. The second kappa shape index (κ2) is 8.47. The Bertz CT molecular complexity index is 1310. The van der Waals surface area contributed by atoms with Gasteiger partial charge in [0.25, 0.3) is 5.56 Å². The van der Waals surface area contributed by atoms with Gasteiger partial charge < -0.3 is 19.5 Å². The lowest BCUT2D eigenvalue weighted by Gasteiger charge is -2.42. The first-order valence-electron chi connectivity index (χ1n) is 11.0. The zero-order valence-corrected chi connectivity index (χ0v) is 18.3. The third kappa shape index (κ3) is 3.96. The van der Waals surface area contributed by atoms with Gasteiger partial charge in [-0.15, -0.1) is 0 Å². The van der Waals surface area contributed by atoms with E-state index in [2.05, 4.69) is 11.4 Å². The maximum atomic E-state index is 13.3. The molecule has 0 saturated carbocycles. The highest BCUT2D eigenvalue weighted by molar-refractivity contribution is 5.89. The van der Waals surface area contributed by atoms with E-state index in [1.807, 2.05) is 45.9 Å². The third-order valence-corrected chi connectivity index (χ3v) is 6.54. The van der Waals surface area contributed by atoms with Crippen LogP contribution in [0.3, 0.4) is 0 Å². The summed E-state index contributed by atoms with van der Waals surface area (Å²) in [6.07, 6.45) is 0.967. The van der Waals surface area contributed by atoms with Gasteiger partial charge >= 0.3 is 6.03 Å². The maximum absolute atomic E-state index is 13.3. The first-order valence-corrected chi connectivity index (χ1v) is 11.0. The number of aromatic nitrogens is 1. The number of rotatable bonds is 3. The van der Waals surface area contributed by atoms with Gasteiger partial charge in [0.05, 0.1) is 18.7 Å². The van der Waals surface area contributed by atoms with Crippen LogP contribution in [0.5, 0.6) is 5.75 Å². The summed E-state index contributed by atoms with van der Waals surface area (Å²) in [5.74, 6) is 1.09. The predicted molar refractivity (Wildman–Crippen MR) is 125 cm³/mol. The van der Waals surface area contributed by atoms with Crippen LogP contribution in [0.1, 0.15) is 23.6 Å². The van der Waals surface area contributed by atoms with Crippen LogP contribution < -0.4 is 15.6 Å². The molecule has 2 aliphatic rings. The van der Waals surface area contributed by atoms with Crippen LogP contribution in [0.15, 0.2) is 65.5 Å². The Morgan fingerprint density at radius 1 is 1.09 bits per heavy atom. The second-order valence-electron chi connectivity index (χ2n) is 8.64. The van der Waals surface area contributed by atoms with Crippen molar-refractivity contribution in [2.45, 2.75) is 18.9 Å². The summed E-state index contributed by atoms with van der Waals surface area (Å²) in [5.41, 5.74) is 3.65. The van der Waals surface area contributed by atoms with E-state index in [4.69, 9.17) is 10.00 Å². The molecule has 2 amide bonds. The van der Waals surface area contributed by atoms with E-state index in [-0.39, 0.29) is 23.4 Å². The summed E-state index contributed by atoms with van der Waals surface area (Å²) in [6.45, 7) is 1.75. The number of benzene rings is 2. The van der Waals surface area contributed by atoms with Crippen molar-refractivity contribution in [2.75, 3.05) is 25.5 Å². The van der Waals surface area contributed by atoms with E-state index in [0.29, 0.717) is 36.4 Å². The standard InChI is InChI=1S/C26H24N4O3/c1-33-22-7-5-19(6-8-22)23-9-10-24-20-11-18(15-30(24)25(23)31)14-29(16-20)26(32)28-21-4-2-3-17(12-21)13-27/h2-10,12,18,20H,11,14-16H2,1H3,(H,28,32)/t18-,20+/m0/s1. The molecule has 7 nitrogen and oxygen atoms in total. The Hall–Kier alpha value is -4.05. The summed E-state index contributed by atoms with van der Waals surface area (Å²) in [7, 11) is 1.62. The fraction of sp³-hybridized carbons (Fsp3) is 0.269. The van der Waals surface area contributed by atoms with Crippen LogP contribution in [0.2, 0.25) is 0 Å². The van der Waals surface area contributed by atoms with E-state index >= 15 is 0 Å². The molecule has 5 rings (SSSR count). The molecule has 7 heteroatoms. The molecule has 0 aliphatic carbocycles. The molecule has 1 N–H and O–H groups in total. The number of likely N-dealkylation sites (tertiary alicyclic amines) is 1. The number of anilines is 1. The van der Waals surface area contributed by atoms with Gasteiger partial charge in [0.15, 0.2) is 0 Å². The van der Waals surface area contributed by atoms with Crippen LogP contribution in [-0.2, 0) is 6.54 Å². The van der Waals surface area contributed by atoms with E-state index in [0.717, 1.165) is 23.4 Å². The number of nitrogens with one attached hydrogen (secondary N) is 1. The highest BCUT2D eigenvalue weighted by Crippen LogP contribution is 2.36. The smallest absolute Gasteiger partial charge is 0.321 e. The summed E-state index contributed by atoms with van der Waals surface area (Å²) in [4.78, 5) is 28.1. The topological polar surface area (TPSA) is 87.4 Å². The van der Waals surface area contributed by atoms with Crippen molar-refractivity contribution < 1.29 is 9.53 Å². The zero-order chi connectivity index (χ0) is 22.9. The number of ether oxygens (including phenoxy) is 1. The minimum Gasteiger partial charge on any atom is -0.497 e. The molecule has 0 radical (unpaired) electrons. The number of methoxy groups -OCH3 is 1. The maximum Gasteiger partial charge on any atom is 0.321 e. The summed E-state index contributed by atoms with van der Waals surface area (Å²) < 4.78 is 7.11. The number of carbonyl (C=O) groups excluding carboxylic acids is 1. The van der Waals surface area contributed by atoms with Gasteiger partial charge in [-0.25, -0.2) is 4.79 Å². The van der Waals surface area contributed by atoms with Crippen molar-refractivity contribution in [3.63, 3.8) is 0 Å². The Kier molecular flexibility index (Phi) is 5.35. The fourth-order valence-electron chi connectivity index (χ4n) is 4.97. The van der Waals surface area contributed by atoms with Crippen molar-refractivity contribution in [3.05, 3.63) is 82.3 Å². The molecular formula is C26H24N4O3. The second-order valence-corrected chi connectivity index (χ2v) is 8.64. The van der Waals surface area contributed by atoms with Crippen LogP contribution in [0.4, 0.5) is 10.5 Å². The van der Waals surface area contributed by atoms with Crippen molar-refractivity contribution in [1.82, 2.24) is 9.47 Å². The van der Waals surface area contributed by atoms with Crippen molar-refractivity contribution in [1.29, 1.82) is 5.26 Å². The molecule has 1 aromatic heterocycles. The van der Waals surface area contributed by atoms with Gasteiger partial charge in [-0.2, -0.15) is 5.26 Å². The van der Waals surface area contributed by atoms with Crippen LogP contribution in [-0.4, -0.2) is 35.7 Å². The van der Waals surface area contributed by atoms with E-state index in [9.17, 15) is 9.59 Å². The Morgan fingerprint density at radius 2 is 1.91 bits per heavy atom. The number of urea groups is 1. The normalized spacial score (nSPS) is 18.7. The van der Waals surface area contributed by atoms with Gasteiger partial charge in [0.1, 0.15) is 5.75 Å². The van der Waals surface area contributed by atoms with E-state index in [1.165, 1.54) is 0 Å². The lowest BCUT2D eigenvalue weighted by atomic mass is 9.83. The molecule has 166 valence electrons. The minimum absolute atomic E-state index is 0.0126. The number of fused-ring (bicyclic) bond motifs is 4. The molecular weight excluding hydrogens is 416 g/mol. The van der Waals surface area contributed by atoms with Gasteiger partial charge in [-0.1, -0.05) is 18.2 Å². The highest BCUT2D eigenvalue weighted by Gasteiger charge is 2.36. The van der Waals surface area contributed by atoms with Gasteiger partial charge in [0.2, 0.25) is 0 Å². The molecule has 0 spiro atoms. The number of carbonyl (C=O) groups is 1. The first kappa shape index (κ1) is 20.8. The van der Waals surface area contributed by atoms with E-state index in [1.54, 1.807) is 31.4 Å². The fourth-order valence-corrected chi connectivity index (χ4v) is 4.97. The van der Waals surface area contributed by atoms with Gasteiger partial charge in [-0.3, -0.25) is 4.79 Å². The number of piperidine rings is 1.